The molecule has 1 aromatic heterocycles. The molecule has 0 fully saturated rings. The smallest absolute Gasteiger partial charge is 0.324 e. The van der Waals surface area contributed by atoms with Gasteiger partial charge in [0.25, 0.3) is 0 Å². The first-order valence-electron chi connectivity index (χ1n) is 4.75. The van der Waals surface area contributed by atoms with E-state index in [2.05, 4.69) is 15.3 Å². The highest BCUT2D eigenvalue weighted by Crippen LogP contribution is 2.20. The van der Waals surface area contributed by atoms with Gasteiger partial charge in [0, 0.05) is 0 Å². The number of halogens is 3. The summed E-state index contributed by atoms with van der Waals surface area (Å²) >= 11 is 0. The number of nitrogens with one attached hydrogen (secondary N) is 2. The first-order valence-corrected chi connectivity index (χ1v) is 4.75. The molecule has 0 saturated carbocycles. The van der Waals surface area contributed by atoms with E-state index in [0.29, 0.717) is 11.0 Å². The lowest BCUT2D eigenvalue weighted by Crippen LogP contribution is -2.21. The number of rotatable bonds is 2. The van der Waals surface area contributed by atoms with Crippen LogP contribution in [0.2, 0.25) is 0 Å². The zero-order valence-corrected chi connectivity index (χ0v) is 8.51. The molecule has 4 nitrogen and oxygen atoms in total. The molecule has 0 atom stereocenters. The van der Waals surface area contributed by atoms with E-state index in [4.69, 9.17) is 0 Å². The Balaban J connectivity index is 2.11. The molecule has 0 aliphatic rings. The summed E-state index contributed by atoms with van der Waals surface area (Å²) in [6.07, 6.45) is -6.04. The molecule has 7 heteroatoms. The topological polar surface area (TPSA) is 57.8 Å². The van der Waals surface area contributed by atoms with Crippen molar-refractivity contribution in [2.24, 2.45) is 0 Å². The van der Waals surface area contributed by atoms with Gasteiger partial charge < -0.3 is 4.98 Å². The molecule has 0 bridgehead atoms. The second-order valence-electron chi connectivity index (χ2n) is 3.44. The van der Waals surface area contributed by atoms with E-state index in [0.717, 1.165) is 0 Å². The van der Waals surface area contributed by atoms with Gasteiger partial charge in [-0.1, -0.05) is 12.1 Å². The first-order chi connectivity index (χ1) is 7.94. The minimum Gasteiger partial charge on any atom is -0.324 e. The third-order valence-electron chi connectivity index (χ3n) is 2.01. The fraction of sp³-hybridized carbons (Fsp3) is 0.200. The van der Waals surface area contributed by atoms with Crippen LogP contribution in [0.4, 0.5) is 19.1 Å². The molecule has 0 radical (unpaired) electrons. The molecule has 2 aromatic rings. The van der Waals surface area contributed by atoms with Crippen LogP contribution in [0, 0.1) is 0 Å². The lowest BCUT2D eigenvalue weighted by atomic mass is 10.3. The molecular weight excluding hydrogens is 235 g/mol. The summed E-state index contributed by atoms with van der Waals surface area (Å²) in [5.41, 5.74) is 1.23. The highest BCUT2D eigenvalue weighted by atomic mass is 19.4. The number of para-hydroxylation sites is 2. The highest BCUT2D eigenvalue weighted by Gasteiger charge is 2.31. The van der Waals surface area contributed by atoms with Gasteiger partial charge in [0.2, 0.25) is 11.9 Å². The van der Waals surface area contributed by atoms with E-state index in [1.165, 1.54) is 0 Å². The summed E-state index contributed by atoms with van der Waals surface area (Å²) in [7, 11) is 0. The van der Waals surface area contributed by atoms with E-state index < -0.39 is 18.5 Å². The number of nitrogens with zero attached hydrogens (tertiary/aromatic N) is 1. The molecule has 0 spiro atoms. The van der Waals surface area contributed by atoms with Gasteiger partial charge in [-0.05, 0) is 12.1 Å². The Morgan fingerprint density at radius 2 is 2.06 bits per heavy atom. The standard InChI is InChI=1S/C10H8F3N3O/c11-10(12,13)5-8(17)16-9-14-6-3-1-2-4-7(6)15-9/h1-4H,5H2,(H2,14,15,16,17). The number of imidazole rings is 1. The van der Waals surface area contributed by atoms with Crippen molar-refractivity contribution in [3.63, 3.8) is 0 Å². The van der Waals surface area contributed by atoms with Crippen molar-refractivity contribution in [1.82, 2.24) is 9.97 Å². The number of hydrogen-bond donors (Lipinski definition) is 2. The summed E-state index contributed by atoms with van der Waals surface area (Å²) in [6.45, 7) is 0. The number of anilines is 1. The number of fused-ring (bicyclic) bond motifs is 1. The average Bonchev–Trinajstić information content (AvgIpc) is 2.55. The van der Waals surface area contributed by atoms with Crippen molar-refractivity contribution in [3.05, 3.63) is 24.3 Å². The van der Waals surface area contributed by atoms with Crippen molar-refractivity contribution < 1.29 is 18.0 Å². The molecule has 17 heavy (non-hydrogen) atoms. The van der Waals surface area contributed by atoms with Crippen molar-refractivity contribution in [2.45, 2.75) is 12.6 Å². The van der Waals surface area contributed by atoms with Gasteiger partial charge in [-0.15, -0.1) is 0 Å². The van der Waals surface area contributed by atoms with Gasteiger partial charge in [-0.25, -0.2) is 4.98 Å². The lowest BCUT2D eigenvalue weighted by Gasteiger charge is -2.04. The Kier molecular flexibility index (Phi) is 2.74. The number of carbonyl (C=O) groups excluding carboxylic acids is 1. The van der Waals surface area contributed by atoms with Crippen molar-refractivity contribution in [3.8, 4) is 0 Å². The molecule has 1 aromatic carbocycles. The maximum atomic E-state index is 11.9. The van der Waals surface area contributed by atoms with Crippen LogP contribution in [0.15, 0.2) is 24.3 Å². The van der Waals surface area contributed by atoms with Gasteiger partial charge >= 0.3 is 6.18 Å². The SMILES string of the molecule is O=C(CC(F)(F)F)Nc1nc2ccccc2[nH]1. The van der Waals surface area contributed by atoms with Gasteiger partial charge in [-0.3, -0.25) is 10.1 Å². The van der Waals surface area contributed by atoms with Crippen LogP contribution in [0.25, 0.3) is 11.0 Å². The fourth-order valence-corrected chi connectivity index (χ4v) is 1.37. The fourth-order valence-electron chi connectivity index (χ4n) is 1.37. The number of H-pyrrole nitrogens is 1. The Bertz CT molecular complexity index is 514. The monoisotopic (exact) mass is 243 g/mol. The number of aromatic amines is 1. The molecule has 90 valence electrons. The van der Waals surface area contributed by atoms with Crippen LogP contribution in [0.5, 0.6) is 0 Å². The van der Waals surface area contributed by atoms with Crippen LogP contribution in [0.1, 0.15) is 6.42 Å². The molecule has 2 rings (SSSR count). The molecule has 0 saturated heterocycles. The van der Waals surface area contributed by atoms with Crippen LogP contribution in [0.3, 0.4) is 0 Å². The third kappa shape index (κ3) is 2.96. The summed E-state index contributed by atoms with van der Waals surface area (Å²) < 4.78 is 35.8. The van der Waals surface area contributed by atoms with Gasteiger partial charge in [-0.2, -0.15) is 13.2 Å². The average molecular weight is 243 g/mol. The molecule has 2 N–H and O–H groups in total. The number of alkyl halides is 3. The first kappa shape index (κ1) is 11.4. The van der Waals surface area contributed by atoms with Crippen molar-refractivity contribution in [1.29, 1.82) is 0 Å². The summed E-state index contributed by atoms with van der Waals surface area (Å²) in [5, 5.41) is 2.06. The third-order valence-corrected chi connectivity index (χ3v) is 2.01. The van der Waals surface area contributed by atoms with E-state index in [1.807, 2.05) is 0 Å². The summed E-state index contributed by atoms with van der Waals surface area (Å²) in [5.74, 6) is -1.13. The second kappa shape index (κ2) is 4.08. The van der Waals surface area contributed by atoms with Gasteiger partial charge in [0.15, 0.2) is 0 Å². The Labute approximate surface area is 93.8 Å². The minimum absolute atomic E-state index is 0.0143. The van der Waals surface area contributed by atoms with E-state index in [1.54, 1.807) is 24.3 Å². The second-order valence-corrected chi connectivity index (χ2v) is 3.44. The van der Waals surface area contributed by atoms with Crippen molar-refractivity contribution >= 4 is 22.9 Å². The molecule has 1 amide bonds. The number of hydrogen-bond acceptors (Lipinski definition) is 2. The van der Waals surface area contributed by atoms with Crippen LogP contribution < -0.4 is 5.32 Å². The molecule has 0 unspecified atom stereocenters. The normalized spacial score (nSPS) is 11.7. The van der Waals surface area contributed by atoms with Crippen LogP contribution in [-0.4, -0.2) is 22.1 Å². The molecular formula is C10H8F3N3O. The quantitative estimate of drug-likeness (QED) is 0.851. The van der Waals surface area contributed by atoms with E-state index in [9.17, 15) is 18.0 Å². The molecule has 1 heterocycles. The molecule has 0 aliphatic heterocycles. The number of benzene rings is 1. The summed E-state index contributed by atoms with van der Waals surface area (Å²) in [4.78, 5) is 17.6. The zero-order chi connectivity index (χ0) is 12.5. The van der Waals surface area contributed by atoms with Gasteiger partial charge in [0.1, 0.15) is 6.42 Å². The summed E-state index contributed by atoms with van der Waals surface area (Å²) in [6, 6.07) is 6.89. The maximum absolute atomic E-state index is 11.9. The number of amides is 1. The van der Waals surface area contributed by atoms with Crippen LogP contribution >= 0.6 is 0 Å². The minimum atomic E-state index is -4.52. The predicted molar refractivity (Wildman–Crippen MR) is 55.4 cm³/mol. The highest BCUT2D eigenvalue weighted by molar-refractivity contribution is 5.91. The Morgan fingerprint density at radius 1 is 1.35 bits per heavy atom. The Morgan fingerprint density at radius 3 is 2.71 bits per heavy atom. The number of carbonyl (C=O) groups is 1. The Hall–Kier alpha value is -2.05. The zero-order valence-electron chi connectivity index (χ0n) is 8.51. The largest absolute Gasteiger partial charge is 0.397 e. The van der Waals surface area contributed by atoms with E-state index >= 15 is 0 Å². The molecule has 0 aliphatic carbocycles. The lowest BCUT2D eigenvalue weighted by molar-refractivity contribution is -0.150. The van der Waals surface area contributed by atoms with Gasteiger partial charge in [0.05, 0.1) is 11.0 Å². The van der Waals surface area contributed by atoms with E-state index in [-0.39, 0.29) is 5.95 Å². The predicted octanol–water partition coefficient (Wildman–Crippen LogP) is 2.45. The number of aromatic nitrogens is 2. The van der Waals surface area contributed by atoms with Crippen molar-refractivity contribution in [2.75, 3.05) is 5.32 Å². The maximum Gasteiger partial charge on any atom is 0.397 e. The van der Waals surface area contributed by atoms with Crippen LogP contribution in [-0.2, 0) is 4.79 Å².